The van der Waals surface area contributed by atoms with Crippen LogP contribution in [0.5, 0.6) is 0 Å². The molecule has 1 heterocycles. The normalized spacial score (nSPS) is 13.7. The van der Waals surface area contributed by atoms with Crippen LogP contribution in [0, 0.1) is 0 Å². The molecular formula is C21H31N. The second-order valence-electron chi connectivity index (χ2n) is 9.48. The van der Waals surface area contributed by atoms with Crippen molar-refractivity contribution in [3.63, 3.8) is 0 Å². The third-order valence-electron chi connectivity index (χ3n) is 4.10. The highest BCUT2D eigenvalue weighted by Crippen LogP contribution is 2.42. The number of nitrogens with zero attached hydrogens (tertiary/aromatic N) is 1. The third kappa shape index (κ3) is 3.04. The molecule has 0 aliphatic rings. The van der Waals surface area contributed by atoms with Gasteiger partial charge in [-0.15, -0.1) is 0 Å². The summed E-state index contributed by atoms with van der Waals surface area (Å²) < 4.78 is 0. The number of benzene rings is 1. The summed E-state index contributed by atoms with van der Waals surface area (Å²) in [6.45, 7) is 20.7. The van der Waals surface area contributed by atoms with Crippen LogP contribution in [0.25, 0.3) is 10.9 Å². The van der Waals surface area contributed by atoms with Crippen LogP contribution in [-0.2, 0) is 16.2 Å². The van der Waals surface area contributed by atoms with Crippen LogP contribution in [-0.4, -0.2) is 4.98 Å². The number of rotatable bonds is 0. The highest BCUT2D eigenvalue weighted by Gasteiger charge is 2.34. The Labute approximate surface area is 136 Å². The van der Waals surface area contributed by atoms with Crippen molar-refractivity contribution in [3.05, 3.63) is 41.1 Å². The van der Waals surface area contributed by atoms with Crippen LogP contribution in [0.1, 0.15) is 79.1 Å². The van der Waals surface area contributed by atoms with E-state index in [4.69, 9.17) is 4.98 Å². The van der Waals surface area contributed by atoms with Crippen molar-refractivity contribution >= 4 is 10.9 Å². The van der Waals surface area contributed by atoms with Gasteiger partial charge in [0, 0.05) is 10.8 Å². The number of hydrogen-bond donors (Lipinski definition) is 0. The fourth-order valence-electron chi connectivity index (χ4n) is 3.26. The van der Waals surface area contributed by atoms with Crippen LogP contribution in [0.15, 0.2) is 24.3 Å². The number of pyridine rings is 1. The lowest BCUT2D eigenvalue weighted by molar-refractivity contribution is 0.490. The Morgan fingerprint density at radius 3 is 1.59 bits per heavy atom. The molecule has 1 heteroatoms. The predicted octanol–water partition coefficient (Wildman–Crippen LogP) is 6.13. The Morgan fingerprint density at radius 1 is 0.636 bits per heavy atom. The molecule has 2 rings (SSSR count). The van der Waals surface area contributed by atoms with E-state index in [9.17, 15) is 0 Å². The van der Waals surface area contributed by atoms with Crippen molar-refractivity contribution in [2.45, 2.75) is 78.6 Å². The van der Waals surface area contributed by atoms with Gasteiger partial charge in [0.25, 0.3) is 0 Å². The molecule has 0 fully saturated rings. The SMILES string of the molecule is CC(C)(C)c1nc2ccccc2c(C(C)(C)C)c1C(C)(C)C. The van der Waals surface area contributed by atoms with Crippen molar-refractivity contribution in [2.24, 2.45) is 0 Å². The average Bonchev–Trinajstić information content (AvgIpc) is 2.33. The lowest BCUT2D eigenvalue weighted by Gasteiger charge is -2.36. The first kappa shape index (κ1) is 17.0. The van der Waals surface area contributed by atoms with Crippen LogP contribution < -0.4 is 0 Å². The van der Waals surface area contributed by atoms with Gasteiger partial charge in [0.1, 0.15) is 0 Å². The molecule has 0 amide bonds. The van der Waals surface area contributed by atoms with E-state index in [1.807, 2.05) is 0 Å². The van der Waals surface area contributed by atoms with Gasteiger partial charge < -0.3 is 0 Å². The Kier molecular flexibility index (Phi) is 3.92. The van der Waals surface area contributed by atoms with Crippen molar-refractivity contribution in [2.75, 3.05) is 0 Å². The molecule has 0 spiro atoms. The molecule has 0 unspecified atom stereocenters. The van der Waals surface area contributed by atoms with E-state index in [-0.39, 0.29) is 16.2 Å². The van der Waals surface area contributed by atoms with Crippen LogP contribution in [0.2, 0.25) is 0 Å². The lowest BCUT2D eigenvalue weighted by atomic mass is 9.70. The number of fused-ring (bicyclic) bond motifs is 1. The van der Waals surface area contributed by atoms with E-state index in [1.165, 1.54) is 22.2 Å². The maximum Gasteiger partial charge on any atom is 0.0708 e. The summed E-state index contributed by atoms with van der Waals surface area (Å²) in [5.74, 6) is 0. The first-order chi connectivity index (χ1) is 9.83. The largest absolute Gasteiger partial charge is 0.252 e. The first-order valence-corrected chi connectivity index (χ1v) is 8.27. The minimum atomic E-state index is 0.0344. The van der Waals surface area contributed by atoms with Crippen molar-refractivity contribution in [3.8, 4) is 0 Å². The second-order valence-corrected chi connectivity index (χ2v) is 9.48. The van der Waals surface area contributed by atoms with Crippen LogP contribution in [0.4, 0.5) is 0 Å². The molecule has 2 aromatic rings. The highest BCUT2D eigenvalue weighted by atomic mass is 14.7. The molecule has 1 aromatic carbocycles. The zero-order valence-electron chi connectivity index (χ0n) is 15.8. The van der Waals surface area contributed by atoms with Crippen LogP contribution in [0.3, 0.4) is 0 Å². The fourth-order valence-corrected chi connectivity index (χ4v) is 3.26. The van der Waals surface area contributed by atoms with E-state index in [0.717, 1.165) is 5.52 Å². The van der Waals surface area contributed by atoms with Gasteiger partial charge in [-0.25, -0.2) is 0 Å². The Hall–Kier alpha value is -1.37. The molecule has 0 bridgehead atoms. The molecule has 0 aliphatic heterocycles. The van der Waals surface area contributed by atoms with E-state index in [2.05, 4.69) is 86.6 Å². The topological polar surface area (TPSA) is 12.9 Å². The molecule has 0 aliphatic carbocycles. The van der Waals surface area contributed by atoms with Gasteiger partial charge in [-0.3, -0.25) is 4.98 Å². The smallest absolute Gasteiger partial charge is 0.0708 e. The molecule has 0 N–H and O–H groups in total. The standard InChI is InChI=1S/C21H31N/c1-19(2,3)16-14-12-10-11-13-15(14)22-18(21(7,8)9)17(16)20(4,5)6/h10-13H,1-9H3. The van der Waals surface area contributed by atoms with E-state index >= 15 is 0 Å². The summed E-state index contributed by atoms with van der Waals surface area (Å²) >= 11 is 0. The van der Waals surface area contributed by atoms with Gasteiger partial charge in [-0.05, 0) is 28.0 Å². The highest BCUT2D eigenvalue weighted by molar-refractivity contribution is 5.85. The molecule has 0 saturated heterocycles. The maximum atomic E-state index is 5.09. The molecule has 0 atom stereocenters. The van der Waals surface area contributed by atoms with Crippen LogP contribution >= 0.6 is 0 Å². The van der Waals surface area contributed by atoms with E-state index < -0.39 is 0 Å². The number of aromatic nitrogens is 1. The number of hydrogen-bond acceptors (Lipinski definition) is 1. The zero-order valence-corrected chi connectivity index (χ0v) is 15.8. The van der Waals surface area contributed by atoms with Gasteiger partial charge in [0.05, 0.1) is 11.2 Å². The Balaban J connectivity index is 3.09. The van der Waals surface area contributed by atoms with E-state index in [1.54, 1.807) is 0 Å². The zero-order chi connectivity index (χ0) is 16.9. The average molecular weight is 297 g/mol. The van der Waals surface area contributed by atoms with Gasteiger partial charge in [-0.1, -0.05) is 80.5 Å². The molecule has 0 saturated carbocycles. The Bertz CT molecular complexity index is 689. The summed E-state index contributed by atoms with van der Waals surface area (Å²) in [6, 6.07) is 8.59. The van der Waals surface area contributed by atoms with Gasteiger partial charge in [0.2, 0.25) is 0 Å². The first-order valence-electron chi connectivity index (χ1n) is 8.27. The molecule has 120 valence electrons. The van der Waals surface area contributed by atoms with Gasteiger partial charge in [-0.2, -0.15) is 0 Å². The van der Waals surface area contributed by atoms with Gasteiger partial charge in [0.15, 0.2) is 0 Å². The van der Waals surface area contributed by atoms with E-state index in [0.29, 0.717) is 0 Å². The summed E-state index contributed by atoms with van der Waals surface area (Å²) in [7, 11) is 0. The van der Waals surface area contributed by atoms with Crippen molar-refractivity contribution in [1.29, 1.82) is 0 Å². The fraction of sp³-hybridized carbons (Fsp3) is 0.571. The summed E-state index contributed by atoms with van der Waals surface area (Å²) in [4.78, 5) is 5.09. The quantitative estimate of drug-likeness (QED) is 0.570. The maximum absolute atomic E-state index is 5.09. The van der Waals surface area contributed by atoms with Gasteiger partial charge >= 0.3 is 0 Å². The summed E-state index contributed by atoms with van der Waals surface area (Å²) in [5.41, 5.74) is 5.43. The second kappa shape index (κ2) is 5.08. The minimum absolute atomic E-state index is 0.0344. The minimum Gasteiger partial charge on any atom is -0.252 e. The molecule has 1 nitrogen and oxygen atoms in total. The number of para-hydroxylation sites is 1. The predicted molar refractivity (Wildman–Crippen MR) is 97.8 cm³/mol. The molecule has 0 radical (unpaired) electrons. The van der Waals surface area contributed by atoms with Crippen molar-refractivity contribution in [1.82, 2.24) is 4.98 Å². The Morgan fingerprint density at radius 2 is 1.14 bits per heavy atom. The lowest BCUT2D eigenvalue weighted by Crippen LogP contribution is -2.29. The molecular weight excluding hydrogens is 266 g/mol. The summed E-state index contributed by atoms with van der Waals surface area (Å²) in [6.07, 6.45) is 0. The molecule has 22 heavy (non-hydrogen) atoms. The summed E-state index contributed by atoms with van der Waals surface area (Å²) in [5, 5.41) is 1.30. The third-order valence-corrected chi connectivity index (χ3v) is 4.10. The van der Waals surface area contributed by atoms with Crippen molar-refractivity contribution < 1.29 is 0 Å². The molecule has 1 aromatic heterocycles. The monoisotopic (exact) mass is 297 g/mol.